The van der Waals surface area contributed by atoms with Crippen molar-refractivity contribution >= 4 is 23.6 Å². The van der Waals surface area contributed by atoms with Crippen molar-refractivity contribution in [3.8, 4) is 17.6 Å². The highest BCUT2D eigenvalue weighted by atomic mass is 16.7. The van der Waals surface area contributed by atoms with E-state index in [-0.39, 0.29) is 6.79 Å². The number of esters is 1. The van der Waals surface area contributed by atoms with Gasteiger partial charge in [0.15, 0.2) is 17.6 Å². The summed E-state index contributed by atoms with van der Waals surface area (Å²) in [5.41, 5.74) is 1.74. The minimum atomic E-state index is -0.977. The van der Waals surface area contributed by atoms with Gasteiger partial charge in [-0.25, -0.2) is 4.79 Å². The van der Waals surface area contributed by atoms with E-state index in [4.69, 9.17) is 19.5 Å². The fourth-order valence-corrected chi connectivity index (χ4v) is 2.32. The van der Waals surface area contributed by atoms with Crippen LogP contribution in [0, 0.1) is 11.3 Å². The van der Waals surface area contributed by atoms with Crippen LogP contribution in [0.4, 0.5) is 5.69 Å². The molecule has 3 rings (SSSR count). The molecule has 1 amide bonds. The van der Waals surface area contributed by atoms with E-state index in [1.54, 1.807) is 48.5 Å². The van der Waals surface area contributed by atoms with Gasteiger partial charge in [-0.1, -0.05) is 6.07 Å². The number of hydrogen-bond donors (Lipinski definition) is 1. The van der Waals surface area contributed by atoms with E-state index in [0.717, 1.165) is 5.56 Å². The Kier molecular flexibility index (Phi) is 5.38. The molecule has 1 atom stereocenters. The lowest BCUT2D eigenvalue weighted by atomic mass is 10.2. The lowest BCUT2D eigenvalue weighted by Crippen LogP contribution is -2.29. The first kappa shape index (κ1) is 18.0. The van der Waals surface area contributed by atoms with Crippen molar-refractivity contribution in [2.45, 2.75) is 13.0 Å². The predicted molar refractivity (Wildman–Crippen MR) is 96.9 cm³/mol. The molecule has 7 nitrogen and oxygen atoms in total. The highest BCUT2D eigenvalue weighted by Gasteiger charge is 2.17. The van der Waals surface area contributed by atoms with Crippen molar-refractivity contribution in [3.05, 3.63) is 59.7 Å². The van der Waals surface area contributed by atoms with Gasteiger partial charge in [0.1, 0.15) is 0 Å². The van der Waals surface area contributed by atoms with Gasteiger partial charge in [-0.3, -0.25) is 4.79 Å². The normalized spacial score (nSPS) is 13.0. The number of hydrogen-bond acceptors (Lipinski definition) is 6. The molecule has 1 heterocycles. The Labute approximate surface area is 155 Å². The number of nitriles is 1. The molecule has 0 fully saturated rings. The third-order valence-electron chi connectivity index (χ3n) is 3.75. The summed E-state index contributed by atoms with van der Waals surface area (Å²) in [4.78, 5) is 24.0. The van der Waals surface area contributed by atoms with E-state index in [2.05, 4.69) is 5.32 Å². The van der Waals surface area contributed by atoms with E-state index >= 15 is 0 Å². The third kappa shape index (κ3) is 4.64. The number of carbonyl (C=O) groups is 2. The average molecular weight is 364 g/mol. The lowest BCUT2D eigenvalue weighted by molar-refractivity contribution is -0.148. The predicted octanol–water partition coefficient (Wildman–Crippen LogP) is 2.87. The van der Waals surface area contributed by atoms with Crippen LogP contribution < -0.4 is 14.8 Å². The Bertz CT molecular complexity index is 928. The first-order valence-corrected chi connectivity index (χ1v) is 8.14. The van der Waals surface area contributed by atoms with E-state index in [9.17, 15) is 9.59 Å². The van der Waals surface area contributed by atoms with Crippen LogP contribution in [0.5, 0.6) is 11.5 Å². The monoisotopic (exact) mass is 364 g/mol. The number of nitrogens with zero attached hydrogens (tertiary/aromatic N) is 1. The molecule has 0 saturated carbocycles. The van der Waals surface area contributed by atoms with Crippen LogP contribution in [-0.4, -0.2) is 24.8 Å². The van der Waals surface area contributed by atoms with Gasteiger partial charge in [0.05, 0.1) is 11.6 Å². The second-order valence-corrected chi connectivity index (χ2v) is 5.70. The summed E-state index contributed by atoms with van der Waals surface area (Å²) in [5, 5.41) is 11.4. The van der Waals surface area contributed by atoms with Gasteiger partial charge < -0.3 is 19.5 Å². The molecule has 136 valence electrons. The van der Waals surface area contributed by atoms with Crippen molar-refractivity contribution in [1.82, 2.24) is 0 Å². The summed E-state index contributed by atoms with van der Waals surface area (Å²) in [6.07, 6.45) is 1.83. The second-order valence-electron chi connectivity index (χ2n) is 5.70. The van der Waals surface area contributed by atoms with Crippen molar-refractivity contribution < 1.29 is 23.8 Å². The molecule has 0 aromatic heterocycles. The Hall–Kier alpha value is -3.79. The molecule has 27 heavy (non-hydrogen) atoms. The zero-order chi connectivity index (χ0) is 19.2. The molecule has 7 heteroatoms. The quantitative estimate of drug-likeness (QED) is 0.647. The number of rotatable bonds is 5. The third-order valence-corrected chi connectivity index (χ3v) is 3.75. The minimum absolute atomic E-state index is 0.177. The highest BCUT2D eigenvalue weighted by molar-refractivity contribution is 5.96. The second kappa shape index (κ2) is 8.06. The first-order chi connectivity index (χ1) is 13.0. The molecule has 2 aromatic rings. The molecule has 0 radical (unpaired) electrons. The van der Waals surface area contributed by atoms with Gasteiger partial charge in [-0.2, -0.15) is 5.26 Å². The summed E-state index contributed by atoms with van der Waals surface area (Å²) in [6.45, 7) is 1.65. The average Bonchev–Trinajstić information content (AvgIpc) is 3.14. The maximum Gasteiger partial charge on any atom is 0.331 e. The van der Waals surface area contributed by atoms with Crippen LogP contribution in [0.25, 0.3) is 6.08 Å². The van der Waals surface area contributed by atoms with Crippen LogP contribution in [-0.2, 0) is 14.3 Å². The van der Waals surface area contributed by atoms with Crippen molar-refractivity contribution in [1.29, 1.82) is 5.26 Å². The summed E-state index contributed by atoms with van der Waals surface area (Å²) in [6, 6.07) is 13.6. The topological polar surface area (TPSA) is 97.7 Å². The molecule has 1 aliphatic heterocycles. The molecule has 0 spiro atoms. The fourth-order valence-electron chi connectivity index (χ4n) is 2.32. The zero-order valence-corrected chi connectivity index (χ0v) is 14.5. The van der Waals surface area contributed by atoms with E-state index in [1.807, 2.05) is 6.07 Å². The Morgan fingerprint density at radius 1 is 1.19 bits per heavy atom. The maximum atomic E-state index is 12.1. The van der Waals surface area contributed by atoms with Crippen LogP contribution in [0.15, 0.2) is 48.5 Å². The molecule has 2 aromatic carbocycles. The maximum absolute atomic E-state index is 12.1. The molecule has 0 bridgehead atoms. The summed E-state index contributed by atoms with van der Waals surface area (Å²) >= 11 is 0. The van der Waals surface area contributed by atoms with Gasteiger partial charge in [-0.15, -0.1) is 0 Å². The van der Waals surface area contributed by atoms with Crippen LogP contribution in [0.2, 0.25) is 0 Å². The lowest BCUT2D eigenvalue weighted by Gasteiger charge is -2.12. The number of fused-ring (bicyclic) bond motifs is 1. The smallest absolute Gasteiger partial charge is 0.331 e. The Morgan fingerprint density at radius 2 is 1.93 bits per heavy atom. The summed E-state index contributed by atoms with van der Waals surface area (Å²) < 4.78 is 15.6. The molecule has 0 aliphatic carbocycles. The van der Waals surface area contributed by atoms with E-state index in [0.29, 0.717) is 22.7 Å². The largest absolute Gasteiger partial charge is 0.454 e. The highest BCUT2D eigenvalue weighted by Crippen LogP contribution is 2.32. The minimum Gasteiger partial charge on any atom is -0.454 e. The number of carbonyl (C=O) groups excluding carboxylic acids is 2. The zero-order valence-electron chi connectivity index (χ0n) is 14.5. The van der Waals surface area contributed by atoms with Crippen LogP contribution in [0.3, 0.4) is 0 Å². The first-order valence-electron chi connectivity index (χ1n) is 8.14. The van der Waals surface area contributed by atoms with Crippen LogP contribution in [0.1, 0.15) is 18.1 Å². The van der Waals surface area contributed by atoms with Crippen LogP contribution >= 0.6 is 0 Å². The van der Waals surface area contributed by atoms with E-state index in [1.165, 1.54) is 13.0 Å². The van der Waals surface area contributed by atoms with Crippen molar-refractivity contribution in [2.75, 3.05) is 12.1 Å². The molecule has 1 aliphatic rings. The van der Waals surface area contributed by atoms with E-state index < -0.39 is 18.0 Å². The number of benzene rings is 2. The van der Waals surface area contributed by atoms with Gasteiger partial charge in [0.25, 0.3) is 5.91 Å². The van der Waals surface area contributed by atoms with Crippen molar-refractivity contribution in [3.63, 3.8) is 0 Å². The molecular formula is C20H16N2O5. The van der Waals surface area contributed by atoms with Gasteiger partial charge in [0.2, 0.25) is 6.79 Å². The molecule has 0 unspecified atom stereocenters. The fraction of sp³-hybridized carbons (Fsp3) is 0.150. The summed E-state index contributed by atoms with van der Waals surface area (Å²) in [5.74, 6) is 0.156. The Morgan fingerprint density at radius 3 is 2.67 bits per heavy atom. The summed E-state index contributed by atoms with van der Waals surface area (Å²) in [7, 11) is 0. The number of nitrogens with one attached hydrogen (secondary N) is 1. The van der Waals surface area contributed by atoms with Gasteiger partial charge in [0, 0.05) is 11.8 Å². The van der Waals surface area contributed by atoms with Gasteiger partial charge in [-0.05, 0) is 55.0 Å². The van der Waals surface area contributed by atoms with Gasteiger partial charge >= 0.3 is 5.97 Å². The number of anilines is 1. The standard InChI is InChI=1S/C20H16N2O5/c1-13(20(24)22-16-6-2-15(11-21)3-7-16)27-19(23)9-5-14-4-8-17-18(10-14)26-12-25-17/h2-10,13H,12H2,1H3,(H,22,24)/b9-5+/t13-/m0/s1. The number of ether oxygens (including phenoxy) is 3. The Balaban J connectivity index is 1.53. The SMILES string of the molecule is C[C@H](OC(=O)/C=C/c1ccc2c(c1)OCO2)C(=O)Nc1ccc(C#N)cc1. The molecule has 1 N–H and O–H groups in total. The number of amides is 1. The van der Waals surface area contributed by atoms with Crippen molar-refractivity contribution in [2.24, 2.45) is 0 Å². The molecule has 0 saturated heterocycles. The molecular weight excluding hydrogens is 348 g/mol.